The zero-order valence-corrected chi connectivity index (χ0v) is 16.3. The van der Waals surface area contributed by atoms with Crippen molar-refractivity contribution in [1.82, 2.24) is 5.32 Å². The standard InChI is InChI=1S/C19H27BrN2O2/c1-12(2)17(22-18(23)14-7-5-4-6-8-14)19(24)21-15-9-10-16(20)13(3)11-15/h9-12,14,17H,4-8H2,1-3H3,(H,21,24)(H,22,23)/t17-/m0/s1. The van der Waals surface area contributed by atoms with E-state index in [1.54, 1.807) is 0 Å². The highest BCUT2D eigenvalue weighted by Gasteiger charge is 2.28. The predicted octanol–water partition coefficient (Wildman–Crippen LogP) is 4.42. The average Bonchev–Trinajstić information content (AvgIpc) is 2.56. The Bertz CT molecular complexity index is 595. The number of nitrogens with one attached hydrogen (secondary N) is 2. The minimum Gasteiger partial charge on any atom is -0.344 e. The molecule has 0 unspecified atom stereocenters. The molecule has 0 radical (unpaired) electrons. The van der Waals surface area contributed by atoms with Gasteiger partial charge in [0, 0.05) is 16.1 Å². The number of carbonyl (C=O) groups excluding carboxylic acids is 2. The van der Waals surface area contributed by atoms with E-state index in [4.69, 9.17) is 0 Å². The van der Waals surface area contributed by atoms with Gasteiger partial charge in [0.15, 0.2) is 0 Å². The number of anilines is 1. The Kier molecular flexibility index (Phi) is 6.84. The molecule has 0 aliphatic heterocycles. The van der Waals surface area contributed by atoms with Gasteiger partial charge in [-0.15, -0.1) is 0 Å². The van der Waals surface area contributed by atoms with Gasteiger partial charge in [0.05, 0.1) is 0 Å². The molecule has 1 atom stereocenters. The van der Waals surface area contributed by atoms with E-state index >= 15 is 0 Å². The van der Waals surface area contributed by atoms with Gasteiger partial charge in [0.1, 0.15) is 6.04 Å². The van der Waals surface area contributed by atoms with E-state index in [-0.39, 0.29) is 23.7 Å². The molecule has 5 heteroatoms. The number of rotatable bonds is 5. The number of amides is 2. The molecule has 1 aromatic rings. The molecule has 1 aromatic carbocycles. The lowest BCUT2D eigenvalue weighted by Crippen LogP contribution is -2.49. The van der Waals surface area contributed by atoms with Gasteiger partial charge in [-0.1, -0.05) is 49.0 Å². The molecule has 2 amide bonds. The first-order valence-electron chi connectivity index (χ1n) is 8.76. The fourth-order valence-electron chi connectivity index (χ4n) is 3.11. The SMILES string of the molecule is Cc1cc(NC(=O)[C@@H](NC(=O)C2CCCCC2)C(C)C)ccc1Br. The quantitative estimate of drug-likeness (QED) is 0.776. The normalized spacial score (nSPS) is 16.7. The summed E-state index contributed by atoms with van der Waals surface area (Å²) in [6, 6.07) is 5.18. The lowest BCUT2D eigenvalue weighted by molar-refractivity contribution is -0.130. The molecule has 2 N–H and O–H groups in total. The molecule has 1 aliphatic carbocycles. The van der Waals surface area contributed by atoms with Crippen molar-refractivity contribution in [1.29, 1.82) is 0 Å². The van der Waals surface area contributed by atoms with Gasteiger partial charge in [-0.2, -0.15) is 0 Å². The summed E-state index contributed by atoms with van der Waals surface area (Å²) >= 11 is 3.45. The van der Waals surface area contributed by atoms with Crippen LogP contribution in [0.15, 0.2) is 22.7 Å². The third-order valence-corrected chi connectivity index (χ3v) is 5.54. The molecule has 0 bridgehead atoms. The molecule has 1 fully saturated rings. The number of carbonyl (C=O) groups is 2. The number of aryl methyl sites for hydroxylation is 1. The molecule has 0 spiro atoms. The van der Waals surface area contributed by atoms with Crippen molar-refractivity contribution in [3.05, 3.63) is 28.2 Å². The molecular formula is C19H27BrN2O2. The molecular weight excluding hydrogens is 368 g/mol. The predicted molar refractivity (Wildman–Crippen MR) is 101 cm³/mol. The van der Waals surface area contributed by atoms with Crippen LogP contribution in [0.3, 0.4) is 0 Å². The summed E-state index contributed by atoms with van der Waals surface area (Å²) in [5.41, 5.74) is 1.80. The molecule has 0 heterocycles. The van der Waals surface area contributed by atoms with Crippen LogP contribution in [0.1, 0.15) is 51.5 Å². The van der Waals surface area contributed by atoms with Gasteiger partial charge in [0.25, 0.3) is 0 Å². The molecule has 132 valence electrons. The Labute approximate surface area is 152 Å². The number of hydrogen-bond donors (Lipinski definition) is 2. The van der Waals surface area contributed by atoms with Crippen LogP contribution in [0.25, 0.3) is 0 Å². The summed E-state index contributed by atoms with van der Waals surface area (Å²) in [5, 5.41) is 5.90. The van der Waals surface area contributed by atoms with Crippen molar-refractivity contribution in [2.24, 2.45) is 11.8 Å². The van der Waals surface area contributed by atoms with Crippen molar-refractivity contribution < 1.29 is 9.59 Å². The minimum atomic E-state index is -0.511. The Morgan fingerprint density at radius 2 is 1.83 bits per heavy atom. The molecule has 24 heavy (non-hydrogen) atoms. The van der Waals surface area contributed by atoms with E-state index in [0.29, 0.717) is 0 Å². The Balaban J connectivity index is 2.01. The van der Waals surface area contributed by atoms with Crippen molar-refractivity contribution >= 4 is 33.4 Å². The maximum absolute atomic E-state index is 12.6. The zero-order valence-electron chi connectivity index (χ0n) is 14.7. The highest BCUT2D eigenvalue weighted by Crippen LogP contribution is 2.24. The van der Waals surface area contributed by atoms with E-state index in [9.17, 15) is 9.59 Å². The van der Waals surface area contributed by atoms with Gasteiger partial charge in [-0.3, -0.25) is 9.59 Å². The second kappa shape index (κ2) is 8.65. The third kappa shape index (κ3) is 5.07. The van der Waals surface area contributed by atoms with E-state index in [0.717, 1.165) is 41.4 Å². The summed E-state index contributed by atoms with van der Waals surface area (Å²) in [6.07, 6.45) is 5.29. The zero-order chi connectivity index (χ0) is 17.7. The van der Waals surface area contributed by atoms with Crippen LogP contribution in [0, 0.1) is 18.8 Å². The Morgan fingerprint density at radius 1 is 1.17 bits per heavy atom. The molecule has 1 saturated carbocycles. The van der Waals surface area contributed by atoms with Crippen LogP contribution >= 0.6 is 15.9 Å². The van der Waals surface area contributed by atoms with Crippen molar-refractivity contribution in [3.8, 4) is 0 Å². The second-order valence-electron chi connectivity index (χ2n) is 7.02. The molecule has 1 aliphatic rings. The van der Waals surface area contributed by atoms with Crippen LogP contribution in [0.5, 0.6) is 0 Å². The van der Waals surface area contributed by atoms with Gasteiger partial charge in [0.2, 0.25) is 11.8 Å². The first-order valence-corrected chi connectivity index (χ1v) is 9.55. The largest absolute Gasteiger partial charge is 0.344 e. The lowest BCUT2D eigenvalue weighted by Gasteiger charge is -2.26. The monoisotopic (exact) mass is 394 g/mol. The minimum absolute atomic E-state index is 0.0236. The highest BCUT2D eigenvalue weighted by atomic mass is 79.9. The fourth-order valence-corrected chi connectivity index (χ4v) is 3.36. The summed E-state index contributed by atoms with van der Waals surface area (Å²) in [7, 11) is 0. The topological polar surface area (TPSA) is 58.2 Å². The van der Waals surface area contributed by atoms with Crippen LogP contribution in [0.4, 0.5) is 5.69 Å². The molecule has 2 rings (SSSR count). The maximum Gasteiger partial charge on any atom is 0.247 e. The molecule has 4 nitrogen and oxygen atoms in total. The van der Waals surface area contributed by atoms with Crippen LogP contribution in [0.2, 0.25) is 0 Å². The van der Waals surface area contributed by atoms with E-state index in [1.165, 1.54) is 6.42 Å². The second-order valence-corrected chi connectivity index (χ2v) is 7.87. The van der Waals surface area contributed by atoms with Crippen molar-refractivity contribution in [2.75, 3.05) is 5.32 Å². The Morgan fingerprint density at radius 3 is 2.42 bits per heavy atom. The van der Waals surface area contributed by atoms with E-state index < -0.39 is 6.04 Å². The lowest BCUT2D eigenvalue weighted by atomic mass is 9.88. The maximum atomic E-state index is 12.6. The van der Waals surface area contributed by atoms with Gasteiger partial charge in [-0.05, 0) is 49.4 Å². The van der Waals surface area contributed by atoms with Crippen LogP contribution in [-0.4, -0.2) is 17.9 Å². The molecule has 0 saturated heterocycles. The molecule has 0 aromatic heterocycles. The van der Waals surface area contributed by atoms with E-state index in [1.807, 2.05) is 39.0 Å². The summed E-state index contributed by atoms with van der Waals surface area (Å²) < 4.78 is 1.01. The highest BCUT2D eigenvalue weighted by molar-refractivity contribution is 9.10. The third-order valence-electron chi connectivity index (χ3n) is 4.65. The van der Waals surface area contributed by atoms with E-state index in [2.05, 4.69) is 26.6 Å². The van der Waals surface area contributed by atoms with Gasteiger partial charge < -0.3 is 10.6 Å². The smallest absolute Gasteiger partial charge is 0.247 e. The van der Waals surface area contributed by atoms with Gasteiger partial charge >= 0.3 is 0 Å². The Hall–Kier alpha value is -1.36. The fraction of sp³-hybridized carbons (Fsp3) is 0.579. The summed E-state index contributed by atoms with van der Waals surface area (Å²) in [6.45, 7) is 5.89. The van der Waals surface area contributed by atoms with Crippen LogP contribution in [-0.2, 0) is 9.59 Å². The number of hydrogen-bond acceptors (Lipinski definition) is 2. The van der Waals surface area contributed by atoms with Crippen LogP contribution < -0.4 is 10.6 Å². The van der Waals surface area contributed by atoms with Crippen molar-refractivity contribution in [2.45, 2.75) is 58.9 Å². The van der Waals surface area contributed by atoms with Gasteiger partial charge in [-0.25, -0.2) is 0 Å². The first-order chi connectivity index (χ1) is 11.4. The summed E-state index contributed by atoms with van der Waals surface area (Å²) in [4.78, 5) is 25.1. The average molecular weight is 395 g/mol. The number of halogens is 1. The summed E-state index contributed by atoms with van der Waals surface area (Å²) in [5.74, 6) is -0.0387. The number of benzene rings is 1. The first kappa shape index (κ1) is 19.0. The van der Waals surface area contributed by atoms with Crippen molar-refractivity contribution in [3.63, 3.8) is 0 Å².